The van der Waals surface area contributed by atoms with Crippen molar-refractivity contribution in [3.05, 3.63) is 115 Å². The molecule has 0 spiro atoms. The summed E-state index contributed by atoms with van der Waals surface area (Å²) in [5.41, 5.74) is 13.2. The Hall–Kier alpha value is -5.28. The van der Waals surface area contributed by atoms with Gasteiger partial charge in [-0.2, -0.15) is 0 Å². The Morgan fingerprint density at radius 2 is 0.829 bits per heavy atom. The molecule has 3 heteroatoms. The topological polar surface area (TPSA) is 26.3 Å². The van der Waals surface area contributed by atoms with E-state index in [0.29, 0.717) is 0 Å². The zero-order chi connectivity index (χ0) is 26.4. The van der Waals surface area contributed by atoms with Crippen LogP contribution in [0, 0.1) is 0 Å². The molecule has 2 nitrogen and oxygen atoms in total. The third kappa shape index (κ3) is 2.32. The first-order chi connectivity index (χ1) is 20.3. The third-order valence-electron chi connectivity index (χ3n) is 9.66. The lowest BCUT2D eigenvalue weighted by atomic mass is 9.31. The standard InChI is InChI=1S/C38H19BO2/c1-3-16-32-20(8-1)28-18-30-34-22(10-5-14-26(34)37(28)40-32)24-12-7-13-25-23-11-6-15-27-35(23)31(39(30)36(24)25)19-29-21-9-2-4-17-33(21)41-38(27)29/h1-19H. The number of rotatable bonds is 0. The van der Waals surface area contributed by atoms with E-state index in [0.717, 1.165) is 22.3 Å². The lowest BCUT2D eigenvalue weighted by molar-refractivity contribution is 0.672. The average molecular weight is 518 g/mol. The maximum atomic E-state index is 6.54. The second-order valence-corrected chi connectivity index (χ2v) is 11.5. The van der Waals surface area contributed by atoms with Crippen molar-refractivity contribution in [3.8, 4) is 22.3 Å². The summed E-state index contributed by atoms with van der Waals surface area (Å²) in [5, 5.41) is 9.69. The van der Waals surface area contributed by atoms with E-state index in [1.807, 2.05) is 0 Å². The molecule has 4 heterocycles. The summed E-state index contributed by atoms with van der Waals surface area (Å²) in [6.45, 7) is 0.104. The van der Waals surface area contributed by atoms with Crippen molar-refractivity contribution in [3.63, 3.8) is 0 Å². The fourth-order valence-corrected chi connectivity index (χ4v) is 8.11. The number of hydrogen-bond donors (Lipinski definition) is 0. The molecule has 0 fully saturated rings. The number of fused-ring (bicyclic) bond motifs is 12. The maximum Gasteiger partial charge on any atom is 0.244 e. The second kappa shape index (κ2) is 6.89. The van der Waals surface area contributed by atoms with Crippen LogP contribution in [0.1, 0.15) is 0 Å². The summed E-state index contributed by atoms with van der Waals surface area (Å²) in [6, 6.07) is 42.0. The predicted octanol–water partition coefficient (Wildman–Crippen LogP) is 8.27. The molecule has 0 saturated carbocycles. The van der Waals surface area contributed by atoms with Gasteiger partial charge >= 0.3 is 0 Å². The molecule has 0 amide bonds. The quantitative estimate of drug-likeness (QED) is 0.189. The molecule has 2 aromatic heterocycles. The Kier molecular flexibility index (Phi) is 3.46. The van der Waals surface area contributed by atoms with Crippen molar-refractivity contribution in [2.75, 3.05) is 0 Å². The SMILES string of the molecule is c1cc2c3c(c1)-c1cccc4c1c(cc1c5ccccc5oc41)B3c1cc3c4ccccc4oc3c3cccc-2c13. The highest BCUT2D eigenvalue weighted by atomic mass is 16.3. The van der Waals surface area contributed by atoms with Crippen LogP contribution in [0.25, 0.3) is 87.7 Å². The fraction of sp³-hybridized carbons (Fsp3) is 0. The lowest BCUT2D eigenvalue weighted by Gasteiger charge is -2.34. The van der Waals surface area contributed by atoms with Crippen LogP contribution in [0.2, 0.25) is 0 Å². The molecule has 0 atom stereocenters. The summed E-state index contributed by atoms with van der Waals surface area (Å²) in [5.74, 6) is 0. The molecule has 0 aliphatic carbocycles. The van der Waals surface area contributed by atoms with Gasteiger partial charge in [0.15, 0.2) is 0 Å². The smallest absolute Gasteiger partial charge is 0.244 e. The highest BCUT2D eigenvalue weighted by molar-refractivity contribution is 7.01. The van der Waals surface area contributed by atoms with Crippen molar-refractivity contribution in [1.82, 2.24) is 0 Å². The van der Waals surface area contributed by atoms with Crippen molar-refractivity contribution >= 4 is 88.5 Å². The van der Waals surface area contributed by atoms with Crippen molar-refractivity contribution < 1.29 is 8.83 Å². The van der Waals surface area contributed by atoms with Gasteiger partial charge in [-0.1, -0.05) is 120 Å². The van der Waals surface area contributed by atoms with Crippen LogP contribution in [0.4, 0.5) is 0 Å². The highest BCUT2D eigenvalue weighted by Crippen LogP contribution is 2.43. The van der Waals surface area contributed by atoms with Gasteiger partial charge in [-0.05, 0) is 45.2 Å². The first kappa shape index (κ1) is 20.6. The minimum Gasteiger partial charge on any atom is -0.455 e. The van der Waals surface area contributed by atoms with E-state index < -0.39 is 0 Å². The molecule has 41 heavy (non-hydrogen) atoms. The predicted molar refractivity (Wildman–Crippen MR) is 172 cm³/mol. The van der Waals surface area contributed by atoms with Gasteiger partial charge in [0.1, 0.15) is 22.3 Å². The molecule has 186 valence electrons. The molecular weight excluding hydrogens is 499 g/mol. The average Bonchev–Trinajstić information content (AvgIpc) is 3.59. The lowest BCUT2D eigenvalue weighted by Crippen LogP contribution is -2.57. The largest absolute Gasteiger partial charge is 0.455 e. The molecule has 11 rings (SSSR count). The monoisotopic (exact) mass is 518 g/mol. The first-order valence-electron chi connectivity index (χ1n) is 14.2. The Morgan fingerprint density at radius 3 is 1.37 bits per heavy atom. The fourth-order valence-electron chi connectivity index (χ4n) is 8.11. The molecule has 2 aliphatic rings. The van der Waals surface area contributed by atoms with Crippen LogP contribution < -0.4 is 16.4 Å². The Morgan fingerprint density at radius 1 is 0.390 bits per heavy atom. The minimum atomic E-state index is 0.104. The number of benzene rings is 7. The van der Waals surface area contributed by atoms with E-state index in [-0.39, 0.29) is 6.71 Å². The van der Waals surface area contributed by atoms with Crippen LogP contribution >= 0.6 is 0 Å². The van der Waals surface area contributed by atoms with Crippen LogP contribution in [0.5, 0.6) is 0 Å². The number of para-hydroxylation sites is 2. The maximum absolute atomic E-state index is 6.54. The van der Waals surface area contributed by atoms with E-state index >= 15 is 0 Å². The van der Waals surface area contributed by atoms with Gasteiger partial charge in [-0.25, -0.2) is 0 Å². The Labute approximate surface area is 234 Å². The van der Waals surface area contributed by atoms with Crippen LogP contribution in [0.15, 0.2) is 124 Å². The zero-order valence-electron chi connectivity index (χ0n) is 21.9. The number of hydrogen-bond acceptors (Lipinski definition) is 2. The second-order valence-electron chi connectivity index (χ2n) is 11.5. The molecule has 2 aliphatic heterocycles. The van der Waals surface area contributed by atoms with Gasteiger partial charge in [-0.3, -0.25) is 0 Å². The molecule has 9 aromatic rings. The summed E-state index contributed by atoms with van der Waals surface area (Å²) in [7, 11) is 0. The summed E-state index contributed by atoms with van der Waals surface area (Å²) < 4.78 is 13.1. The van der Waals surface area contributed by atoms with Crippen molar-refractivity contribution in [2.24, 2.45) is 0 Å². The van der Waals surface area contributed by atoms with Gasteiger partial charge < -0.3 is 8.83 Å². The molecule has 0 unspecified atom stereocenters. The highest BCUT2D eigenvalue weighted by Gasteiger charge is 2.39. The van der Waals surface area contributed by atoms with Crippen molar-refractivity contribution in [1.29, 1.82) is 0 Å². The van der Waals surface area contributed by atoms with Crippen molar-refractivity contribution in [2.45, 2.75) is 0 Å². The van der Waals surface area contributed by atoms with E-state index in [2.05, 4.69) is 115 Å². The molecule has 0 saturated heterocycles. The van der Waals surface area contributed by atoms with E-state index in [1.165, 1.54) is 81.7 Å². The molecule has 0 radical (unpaired) electrons. The Bertz CT molecular complexity index is 2470. The molecule has 7 aromatic carbocycles. The van der Waals surface area contributed by atoms with Gasteiger partial charge in [0.2, 0.25) is 6.71 Å². The Balaban J connectivity index is 1.40. The van der Waals surface area contributed by atoms with Crippen LogP contribution in [-0.2, 0) is 0 Å². The first-order valence-corrected chi connectivity index (χ1v) is 14.2. The van der Waals surface area contributed by atoms with Gasteiger partial charge in [-0.15, -0.1) is 0 Å². The van der Waals surface area contributed by atoms with E-state index in [4.69, 9.17) is 8.83 Å². The van der Waals surface area contributed by atoms with Gasteiger partial charge in [0.25, 0.3) is 0 Å². The molecule has 0 bridgehead atoms. The number of furan rings is 2. The normalized spacial score (nSPS) is 13.3. The zero-order valence-corrected chi connectivity index (χ0v) is 21.9. The van der Waals surface area contributed by atoms with Gasteiger partial charge in [0, 0.05) is 32.3 Å². The van der Waals surface area contributed by atoms with Crippen LogP contribution in [0.3, 0.4) is 0 Å². The summed E-state index contributed by atoms with van der Waals surface area (Å²) in [6.07, 6.45) is 0. The summed E-state index contributed by atoms with van der Waals surface area (Å²) >= 11 is 0. The molecule has 0 N–H and O–H groups in total. The van der Waals surface area contributed by atoms with Crippen LogP contribution in [-0.4, -0.2) is 6.71 Å². The van der Waals surface area contributed by atoms with E-state index in [1.54, 1.807) is 0 Å². The third-order valence-corrected chi connectivity index (χ3v) is 9.66. The summed E-state index contributed by atoms with van der Waals surface area (Å²) in [4.78, 5) is 0. The van der Waals surface area contributed by atoms with E-state index in [9.17, 15) is 0 Å². The van der Waals surface area contributed by atoms with Gasteiger partial charge in [0.05, 0.1) is 0 Å². The minimum absolute atomic E-state index is 0.104. The molecular formula is C38H19BO2.